The minimum atomic E-state index is -0.749. The van der Waals surface area contributed by atoms with Crippen molar-refractivity contribution in [3.05, 3.63) is 48.0 Å². The highest BCUT2D eigenvalue weighted by molar-refractivity contribution is 6.10. The lowest BCUT2D eigenvalue weighted by Gasteiger charge is -2.22. The third-order valence-electron chi connectivity index (χ3n) is 3.49. The molecular weight excluding hydrogens is 262 g/mol. The number of carbonyl (C=O) groups excluding carboxylic acids is 1. The van der Waals surface area contributed by atoms with Crippen LogP contribution in [0.1, 0.15) is 0 Å². The van der Waals surface area contributed by atoms with Crippen LogP contribution >= 0.6 is 0 Å². The summed E-state index contributed by atoms with van der Waals surface area (Å²) in [5.74, 6) is -1.41. The number of rotatable bonds is 0. The molecule has 0 fully saturated rings. The van der Waals surface area contributed by atoms with Crippen molar-refractivity contribution in [3.63, 3.8) is 0 Å². The van der Waals surface area contributed by atoms with Crippen LogP contribution in [0.4, 0.5) is 25.0 Å². The molecule has 0 aromatic heterocycles. The standard InChI is InChI=1S/C15H12F2N2O/c1-18-13-6-4-3-5-10(13)11-7-9(16)8-12(17)14(11)19(2)15(18)20/h3-8H,1-2H3. The van der Waals surface area contributed by atoms with Crippen molar-refractivity contribution in [2.45, 2.75) is 0 Å². The van der Waals surface area contributed by atoms with Crippen LogP contribution in [0.15, 0.2) is 36.4 Å². The van der Waals surface area contributed by atoms with E-state index in [0.717, 1.165) is 6.07 Å². The van der Waals surface area contributed by atoms with Crippen molar-refractivity contribution in [1.82, 2.24) is 0 Å². The van der Waals surface area contributed by atoms with Crippen LogP contribution in [0.2, 0.25) is 0 Å². The zero-order valence-electron chi connectivity index (χ0n) is 11.0. The Balaban J connectivity index is 2.42. The molecule has 0 N–H and O–H groups in total. The van der Waals surface area contributed by atoms with Crippen LogP contribution in [0, 0.1) is 11.6 Å². The number of carbonyl (C=O) groups is 1. The van der Waals surface area contributed by atoms with Gasteiger partial charge in [-0.3, -0.25) is 9.80 Å². The smallest absolute Gasteiger partial charge is 0.296 e. The number of urea groups is 1. The van der Waals surface area contributed by atoms with Gasteiger partial charge in [0.05, 0.1) is 11.4 Å². The van der Waals surface area contributed by atoms with Gasteiger partial charge in [-0.05, 0) is 12.1 Å². The molecular formula is C15H12F2N2O. The molecule has 0 aliphatic carbocycles. The lowest BCUT2D eigenvalue weighted by molar-refractivity contribution is 0.253. The Kier molecular flexibility index (Phi) is 2.71. The molecule has 5 heteroatoms. The predicted octanol–water partition coefficient (Wildman–Crippen LogP) is 3.64. The Hall–Kier alpha value is -2.43. The summed E-state index contributed by atoms with van der Waals surface area (Å²) in [6.07, 6.45) is 0. The zero-order chi connectivity index (χ0) is 14.4. The fraction of sp³-hybridized carbons (Fsp3) is 0.133. The second-order valence-corrected chi connectivity index (χ2v) is 4.70. The summed E-state index contributed by atoms with van der Waals surface area (Å²) < 4.78 is 27.7. The number of halogens is 2. The lowest BCUT2D eigenvalue weighted by atomic mass is 10.0. The SMILES string of the molecule is CN1C(=O)N(C)c2c(F)cc(F)cc2-c2ccccc21. The number of nitrogens with zero attached hydrogens (tertiary/aromatic N) is 2. The van der Waals surface area contributed by atoms with Gasteiger partial charge in [0.2, 0.25) is 0 Å². The molecule has 0 saturated heterocycles. The van der Waals surface area contributed by atoms with E-state index in [-0.39, 0.29) is 11.7 Å². The van der Waals surface area contributed by atoms with E-state index in [0.29, 0.717) is 16.8 Å². The molecule has 3 rings (SSSR count). The average molecular weight is 274 g/mol. The summed E-state index contributed by atoms with van der Waals surface area (Å²) in [6.45, 7) is 0. The van der Waals surface area contributed by atoms with Gasteiger partial charge in [-0.2, -0.15) is 0 Å². The largest absolute Gasteiger partial charge is 0.328 e. The van der Waals surface area contributed by atoms with Crippen LogP contribution in [0.3, 0.4) is 0 Å². The molecule has 2 aromatic carbocycles. The summed E-state index contributed by atoms with van der Waals surface area (Å²) in [6, 6.07) is 8.71. The van der Waals surface area contributed by atoms with E-state index in [9.17, 15) is 13.6 Å². The normalized spacial score (nSPS) is 13.9. The van der Waals surface area contributed by atoms with Gasteiger partial charge in [0.15, 0.2) is 5.82 Å². The second kappa shape index (κ2) is 4.30. The summed E-state index contributed by atoms with van der Waals surface area (Å²) in [5.41, 5.74) is 1.71. The van der Waals surface area contributed by atoms with Gasteiger partial charge in [0.25, 0.3) is 0 Å². The first-order valence-electron chi connectivity index (χ1n) is 6.10. The molecule has 2 amide bonds. The number of hydrogen-bond donors (Lipinski definition) is 0. The maximum Gasteiger partial charge on any atom is 0.328 e. The van der Waals surface area contributed by atoms with E-state index in [1.54, 1.807) is 31.3 Å². The molecule has 0 spiro atoms. The molecule has 1 aliphatic heterocycles. The molecule has 0 bridgehead atoms. The van der Waals surface area contributed by atoms with Gasteiger partial charge in [0, 0.05) is 31.3 Å². The van der Waals surface area contributed by atoms with Crippen molar-refractivity contribution < 1.29 is 13.6 Å². The first-order valence-corrected chi connectivity index (χ1v) is 6.10. The molecule has 0 unspecified atom stereocenters. The van der Waals surface area contributed by atoms with E-state index >= 15 is 0 Å². The number of anilines is 2. The van der Waals surface area contributed by atoms with Crippen molar-refractivity contribution in [3.8, 4) is 11.1 Å². The van der Waals surface area contributed by atoms with Gasteiger partial charge in [-0.1, -0.05) is 18.2 Å². The Morgan fingerprint density at radius 1 is 0.950 bits per heavy atom. The molecule has 3 nitrogen and oxygen atoms in total. The molecule has 0 saturated carbocycles. The third-order valence-corrected chi connectivity index (χ3v) is 3.49. The minimum Gasteiger partial charge on any atom is -0.296 e. The van der Waals surface area contributed by atoms with E-state index in [1.807, 2.05) is 0 Å². The highest BCUT2D eigenvalue weighted by Gasteiger charge is 2.29. The van der Waals surface area contributed by atoms with Crippen molar-refractivity contribution in [1.29, 1.82) is 0 Å². The number of para-hydroxylation sites is 1. The molecule has 102 valence electrons. The monoisotopic (exact) mass is 274 g/mol. The number of amides is 2. The van der Waals surface area contributed by atoms with E-state index in [4.69, 9.17) is 0 Å². The van der Waals surface area contributed by atoms with Gasteiger partial charge in [-0.15, -0.1) is 0 Å². The average Bonchev–Trinajstić information content (AvgIpc) is 2.50. The first-order chi connectivity index (χ1) is 9.50. The molecule has 20 heavy (non-hydrogen) atoms. The Bertz CT molecular complexity index is 715. The van der Waals surface area contributed by atoms with Crippen LogP contribution < -0.4 is 9.80 Å². The Morgan fingerprint density at radius 2 is 1.65 bits per heavy atom. The van der Waals surface area contributed by atoms with Crippen LogP contribution in [-0.2, 0) is 0 Å². The van der Waals surface area contributed by atoms with Crippen LogP contribution in [0.25, 0.3) is 11.1 Å². The van der Waals surface area contributed by atoms with Crippen molar-refractivity contribution in [2.75, 3.05) is 23.9 Å². The molecule has 0 atom stereocenters. The molecule has 2 aromatic rings. The van der Waals surface area contributed by atoms with Crippen LogP contribution in [0.5, 0.6) is 0 Å². The second-order valence-electron chi connectivity index (χ2n) is 4.70. The maximum atomic E-state index is 14.1. The highest BCUT2D eigenvalue weighted by atomic mass is 19.1. The first kappa shape index (κ1) is 12.6. The fourth-order valence-corrected chi connectivity index (χ4v) is 2.53. The summed E-state index contributed by atoms with van der Waals surface area (Å²) in [5, 5.41) is 0. The van der Waals surface area contributed by atoms with E-state index in [1.165, 1.54) is 22.9 Å². The van der Waals surface area contributed by atoms with Gasteiger partial charge in [-0.25, -0.2) is 13.6 Å². The lowest BCUT2D eigenvalue weighted by Crippen LogP contribution is -2.38. The Labute approximate surface area is 115 Å². The van der Waals surface area contributed by atoms with Gasteiger partial charge < -0.3 is 0 Å². The minimum absolute atomic E-state index is 0.0909. The number of benzene rings is 2. The topological polar surface area (TPSA) is 23.6 Å². The van der Waals surface area contributed by atoms with E-state index < -0.39 is 11.6 Å². The van der Waals surface area contributed by atoms with Gasteiger partial charge >= 0.3 is 6.03 Å². The Morgan fingerprint density at radius 3 is 2.40 bits per heavy atom. The quantitative estimate of drug-likeness (QED) is 0.719. The summed E-state index contributed by atoms with van der Waals surface area (Å²) in [7, 11) is 3.09. The molecule has 1 aliphatic rings. The van der Waals surface area contributed by atoms with Crippen molar-refractivity contribution in [2.24, 2.45) is 0 Å². The van der Waals surface area contributed by atoms with Gasteiger partial charge in [0.1, 0.15) is 5.82 Å². The maximum absolute atomic E-state index is 14.1. The third kappa shape index (κ3) is 1.66. The zero-order valence-corrected chi connectivity index (χ0v) is 11.0. The number of hydrogen-bond acceptors (Lipinski definition) is 1. The van der Waals surface area contributed by atoms with Crippen LogP contribution in [-0.4, -0.2) is 20.1 Å². The molecule has 1 heterocycles. The molecule has 0 radical (unpaired) electrons. The fourth-order valence-electron chi connectivity index (χ4n) is 2.53. The van der Waals surface area contributed by atoms with E-state index in [2.05, 4.69) is 0 Å². The number of fused-ring (bicyclic) bond motifs is 3. The summed E-state index contributed by atoms with van der Waals surface area (Å²) in [4.78, 5) is 14.9. The predicted molar refractivity (Wildman–Crippen MR) is 74.0 cm³/mol. The summed E-state index contributed by atoms with van der Waals surface area (Å²) >= 11 is 0. The highest BCUT2D eigenvalue weighted by Crippen LogP contribution is 2.41. The van der Waals surface area contributed by atoms with Crippen molar-refractivity contribution >= 4 is 17.4 Å².